The lowest BCUT2D eigenvalue weighted by Crippen LogP contribution is -2.40. The molecule has 0 aliphatic heterocycles. The Morgan fingerprint density at radius 1 is 1.16 bits per heavy atom. The van der Waals surface area contributed by atoms with Gasteiger partial charge >= 0.3 is 0 Å². The average molecular weight is 569 g/mol. The second-order valence-electron chi connectivity index (χ2n) is 8.92. The van der Waals surface area contributed by atoms with Crippen LogP contribution in [0.15, 0.2) is 18.2 Å². The number of benzene rings is 1. The number of ketones is 1. The zero-order valence-corrected chi connectivity index (χ0v) is 23.9. The van der Waals surface area contributed by atoms with Crippen LogP contribution in [0.1, 0.15) is 49.4 Å². The molecule has 0 radical (unpaired) electrons. The lowest BCUT2D eigenvalue weighted by atomic mass is 10.1. The molecule has 0 saturated carbocycles. The van der Waals surface area contributed by atoms with Gasteiger partial charge in [0.05, 0.1) is 19.7 Å². The zero-order chi connectivity index (χ0) is 27.1. The fourth-order valence-electron chi connectivity index (χ4n) is 4.14. The van der Waals surface area contributed by atoms with E-state index in [0.29, 0.717) is 39.0 Å². The molecule has 2 aromatic heterocycles. The largest absolute Gasteiger partial charge is 0.493 e. The number of hydrogen-bond donors (Lipinski definition) is 3. The number of rotatable bonds is 13. The minimum absolute atomic E-state index is 0. The Balaban J connectivity index is 0.00000507. The Labute approximate surface area is 233 Å². The summed E-state index contributed by atoms with van der Waals surface area (Å²) in [5.74, 6) is 1.28. The molecule has 0 fully saturated rings. The van der Waals surface area contributed by atoms with Crippen molar-refractivity contribution in [1.29, 1.82) is 0 Å². The third kappa shape index (κ3) is 7.46. The van der Waals surface area contributed by atoms with E-state index in [1.165, 1.54) is 0 Å². The molecule has 2 heterocycles. The summed E-state index contributed by atoms with van der Waals surface area (Å²) in [4.78, 5) is 34.6. The van der Waals surface area contributed by atoms with E-state index in [4.69, 9.17) is 27.8 Å². The van der Waals surface area contributed by atoms with E-state index in [-0.39, 0.29) is 47.2 Å². The van der Waals surface area contributed by atoms with Gasteiger partial charge in [0.25, 0.3) is 11.7 Å². The van der Waals surface area contributed by atoms with Crippen molar-refractivity contribution in [3.63, 3.8) is 0 Å². The Morgan fingerprint density at radius 2 is 1.89 bits per heavy atom. The highest BCUT2D eigenvalue weighted by Gasteiger charge is 2.25. The summed E-state index contributed by atoms with van der Waals surface area (Å²) in [5, 5.41) is 2.80. The van der Waals surface area contributed by atoms with Crippen molar-refractivity contribution in [3.8, 4) is 5.75 Å². The number of Topliss-reactive ketones (excluding diaryl/α,β-unsaturated/α-hetero) is 1. The maximum Gasteiger partial charge on any atom is 0.277 e. The second-order valence-corrected chi connectivity index (χ2v) is 9.27. The van der Waals surface area contributed by atoms with Gasteiger partial charge in [-0.1, -0.05) is 11.6 Å². The number of amides is 1. The van der Waals surface area contributed by atoms with Crippen LogP contribution in [-0.4, -0.2) is 58.4 Å². The van der Waals surface area contributed by atoms with Crippen molar-refractivity contribution in [2.45, 2.75) is 52.7 Å². The highest BCUT2D eigenvalue weighted by molar-refractivity contribution is 6.31. The Morgan fingerprint density at radius 3 is 2.55 bits per heavy atom. The van der Waals surface area contributed by atoms with Crippen LogP contribution in [0.25, 0.3) is 11.0 Å². The summed E-state index contributed by atoms with van der Waals surface area (Å²) in [7, 11) is 3.92. The Hall–Kier alpha value is -3.15. The first kappa shape index (κ1) is 31.1. The summed E-state index contributed by atoms with van der Waals surface area (Å²) in [6, 6.07) is 5.93. The molecule has 0 spiro atoms. The van der Waals surface area contributed by atoms with E-state index < -0.39 is 5.91 Å². The van der Waals surface area contributed by atoms with Crippen molar-refractivity contribution in [2.24, 2.45) is 0 Å². The van der Waals surface area contributed by atoms with Crippen LogP contribution in [-0.2, 0) is 24.4 Å². The molecule has 0 unspecified atom stereocenters. The Kier molecular flexibility index (Phi) is 11.6. The van der Waals surface area contributed by atoms with Crippen molar-refractivity contribution in [3.05, 3.63) is 34.9 Å². The first-order valence-electron chi connectivity index (χ1n) is 12.4. The average Bonchev–Trinajstić information content (AvgIpc) is 3.17. The van der Waals surface area contributed by atoms with Crippen LogP contribution >= 0.6 is 24.0 Å². The van der Waals surface area contributed by atoms with E-state index in [2.05, 4.69) is 24.4 Å². The van der Waals surface area contributed by atoms with Crippen LogP contribution in [0, 0.1) is 0 Å². The molecular weight excluding hydrogens is 531 g/mol. The minimum atomic E-state index is -0.494. The van der Waals surface area contributed by atoms with Crippen molar-refractivity contribution < 1.29 is 18.9 Å². The first-order valence-corrected chi connectivity index (χ1v) is 12.7. The fourth-order valence-corrected chi connectivity index (χ4v) is 4.27. The fraction of sp³-hybridized carbons (Fsp3) is 0.480. The van der Waals surface area contributed by atoms with Crippen molar-refractivity contribution in [2.75, 3.05) is 38.7 Å². The van der Waals surface area contributed by atoms with E-state index in [1.807, 2.05) is 51.0 Å². The highest BCUT2D eigenvalue weighted by atomic mass is 35.5. The van der Waals surface area contributed by atoms with E-state index in [1.54, 1.807) is 0 Å². The number of aromatic nitrogens is 4. The molecule has 11 nitrogen and oxygen atoms in total. The molecule has 3 rings (SSSR count). The molecule has 208 valence electrons. The van der Waals surface area contributed by atoms with E-state index >= 15 is 0 Å². The maximum atomic E-state index is 12.8. The number of fused-ring (bicyclic) bond motifs is 1. The number of imidazole rings is 1. The van der Waals surface area contributed by atoms with Crippen LogP contribution < -0.4 is 26.1 Å². The number of nitrogens with zero attached hydrogens (tertiary/aromatic N) is 5. The number of halogens is 2. The van der Waals surface area contributed by atoms with Crippen LogP contribution in [0.4, 0.5) is 11.6 Å². The van der Waals surface area contributed by atoms with Gasteiger partial charge in [-0.15, -0.1) is 12.4 Å². The molecule has 1 aromatic carbocycles. The SMILES string of the molecule is CCn1c(CNC(=O)c2nc(Cl)c(N)nc2N)[n+](CC)c2ccc(OCCCC(=O)CCN(C)C)cc21.Cl. The second kappa shape index (κ2) is 14.1. The predicted molar refractivity (Wildman–Crippen MR) is 151 cm³/mol. The summed E-state index contributed by atoms with van der Waals surface area (Å²) in [5.41, 5.74) is 13.4. The number of nitrogens with one attached hydrogen (secondary N) is 1. The number of aryl methyl sites for hydroxylation is 2. The predicted octanol–water partition coefficient (Wildman–Crippen LogP) is 2.61. The smallest absolute Gasteiger partial charge is 0.277 e. The number of carbonyl (C=O) groups is 2. The third-order valence-corrected chi connectivity index (χ3v) is 6.30. The number of hydrogen-bond acceptors (Lipinski definition) is 8. The number of nitrogens with two attached hydrogens (primary N) is 2. The summed E-state index contributed by atoms with van der Waals surface area (Å²) in [6.45, 7) is 6.96. The molecule has 0 atom stereocenters. The van der Waals surface area contributed by atoms with Gasteiger partial charge in [0.2, 0.25) is 0 Å². The highest BCUT2D eigenvalue weighted by Crippen LogP contribution is 2.22. The van der Waals surface area contributed by atoms with E-state index in [0.717, 1.165) is 29.2 Å². The lowest BCUT2D eigenvalue weighted by Gasteiger charge is -2.09. The molecule has 13 heteroatoms. The number of nitrogen functional groups attached to an aromatic ring is 2. The molecule has 1 amide bonds. The van der Waals surface area contributed by atoms with Crippen molar-refractivity contribution >= 4 is 58.4 Å². The molecule has 0 aliphatic carbocycles. The molecular formula is C25H37Cl2N8O3+. The van der Waals surface area contributed by atoms with Gasteiger partial charge in [0.1, 0.15) is 18.1 Å². The van der Waals surface area contributed by atoms with Gasteiger partial charge in [0, 0.05) is 25.5 Å². The van der Waals surface area contributed by atoms with E-state index in [9.17, 15) is 9.59 Å². The summed E-state index contributed by atoms with van der Waals surface area (Å²) in [6.07, 6.45) is 1.74. The normalized spacial score (nSPS) is 11.0. The molecule has 38 heavy (non-hydrogen) atoms. The molecule has 0 saturated heterocycles. The molecule has 0 aliphatic rings. The summed E-state index contributed by atoms with van der Waals surface area (Å²) < 4.78 is 10.2. The van der Waals surface area contributed by atoms with Crippen LogP contribution in [0.5, 0.6) is 5.75 Å². The van der Waals surface area contributed by atoms with Gasteiger partial charge in [0.15, 0.2) is 33.5 Å². The minimum Gasteiger partial charge on any atom is -0.493 e. The zero-order valence-electron chi connectivity index (χ0n) is 22.3. The molecule has 3 aromatic rings. The van der Waals surface area contributed by atoms with Gasteiger partial charge < -0.3 is 26.4 Å². The van der Waals surface area contributed by atoms with Gasteiger partial charge in [-0.25, -0.2) is 19.1 Å². The van der Waals surface area contributed by atoms with Crippen LogP contribution in [0.2, 0.25) is 5.15 Å². The lowest BCUT2D eigenvalue weighted by molar-refractivity contribution is -0.676. The Bertz CT molecular complexity index is 1280. The number of carbonyl (C=O) groups excluding carboxylic acids is 2. The van der Waals surface area contributed by atoms with Gasteiger partial charge in [-0.2, -0.15) is 0 Å². The van der Waals surface area contributed by atoms with Gasteiger partial charge in [-0.05, 0) is 46.5 Å². The third-order valence-electron chi connectivity index (χ3n) is 6.02. The topological polar surface area (TPSA) is 145 Å². The molecule has 0 bridgehead atoms. The standard InChI is InChI=1S/C25H35ClN8O3.ClH/c1-5-33-18-10-9-17(37-13-7-8-16(35)11-12-32(3)4)14-19(18)34(6-2)20(33)15-29-25(36)21-23(27)31-24(28)22(26)30-21;/h9-10,14H,5-8,11-13,15H2,1-4H3,(H4-,27,28,29,31,36);1H/p+1. The van der Waals surface area contributed by atoms with Gasteiger partial charge in [-0.3, -0.25) is 9.59 Å². The number of ether oxygens (including phenoxy) is 1. The molecule has 5 N–H and O–H groups in total. The number of anilines is 2. The van der Waals surface area contributed by atoms with Crippen molar-refractivity contribution in [1.82, 2.24) is 24.8 Å². The first-order chi connectivity index (χ1) is 17.7. The monoisotopic (exact) mass is 567 g/mol. The maximum absolute atomic E-state index is 12.8. The van der Waals surface area contributed by atoms with Crippen LogP contribution in [0.3, 0.4) is 0 Å². The summed E-state index contributed by atoms with van der Waals surface area (Å²) >= 11 is 5.92. The quantitative estimate of drug-likeness (QED) is 0.211.